The monoisotopic (exact) mass is 478 g/mol. The minimum absolute atomic E-state index is 1.05. The van der Waals surface area contributed by atoms with Crippen LogP contribution in [0.3, 0.4) is 0 Å². The van der Waals surface area contributed by atoms with E-state index in [9.17, 15) is 0 Å². The SMILES string of the molecule is c1ccc(-c2ccc(N(c3ccc4ccccc4c3)c3cnc4sc5ccccc5c4c3)cc2)cc1. The van der Waals surface area contributed by atoms with Crippen LogP contribution in [0, 0.1) is 0 Å². The zero-order valence-corrected chi connectivity index (χ0v) is 20.3. The van der Waals surface area contributed by atoms with Crippen molar-refractivity contribution in [2.75, 3.05) is 4.90 Å². The number of anilines is 3. The van der Waals surface area contributed by atoms with E-state index < -0.39 is 0 Å². The Labute approximate surface area is 213 Å². The number of nitrogens with zero attached hydrogens (tertiary/aromatic N) is 2. The van der Waals surface area contributed by atoms with Gasteiger partial charge in [-0.2, -0.15) is 0 Å². The first-order chi connectivity index (χ1) is 17.8. The van der Waals surface area contributed by atoms with Crippen LogP contribution >= 0.6 is 11.3 Å². The number of rotatable bonds is 4. The smallest absolute Gasteiger partial charge is 0.124 e. The second kappa shape index (κ2) is 8.63. The van der Waals surface area contributed by atoms with E-state index in [1.807, 2.05) is 6.20 Å². The first kappa shape index (κ1) is 20.9. The summed E-state index contributed by atoms with van der Waals surface area (Å²) in [6, 6.07) is 45.3. The molecule has 0 aliphatic rings. The van der Waals surface area contributed by atoms with Crippen LogP contribution in [0.15, 0.2) is 134 Å². The molecule has 2 heterocycles. The fourth-order valence-electron chi connectivity index (χ4n) is 4.92. The molecule has 36 heavy (non-hydrogen) atoms. The normalized spacial score (nSPS) is 11.3. The molecule has 0 aliphatic heterocycles. The second-order valence-corrected chi connectivity index (χ2v) is 9.95. The molecule has 0 atom stereocenters. The molecule has 5 aromatic carbocycles. The van der Waals surface area contributed by atoms with Gasteiger partial charge in [-0.15, -0.1) is 11.3 Å². The Balaban J connectivity index is 1.41. The summed E-state index contributed by atoms with van der Waals surface area (Å²) in [5.41, 5.74) is 5.69. The topological polar surface area (TPSA) is 16.1 Å². The molecular weight excluding hydrogens is 456 g/mol. The van der Waals surface area contributed by atoms with Gasteiger partial charge in [0.05, 0.1) is 11.9 Å². The number of fused-ring (bicyclic) bond motifs is 4. The van der Waals surface area contributed by atoms with Gasteiger partial charge in [0.25, 0.3) is 0 Å². The van der Waals surface area contributed by atoms with Gasteiger partial charge in [-0.1, -0.05) is 91.0 Å². The summed E-state index contributed by atoms with van der Waals surface area (Å²) in [5.74, 6) is 0. The maximum absolute atomic E-state index is 4.89. The Morgan fingerprint density at radius 3 is 2.06 bits per heavy atom. The molecular formula is C33H22N2S. The van der Waals surface area contributed by atoms with Crippen molar-refractivity contribution in [2.45, 2.75) is 0 Å². The van der Waals surface area contributed by atoms with E-state index in [-0.39, 0.29) is 0 Å². The number of benzene rings is 5. The number of pyridine rings is 1. The number of hydrogen-bond donors (Lipinski definition) is 0. The lowest BCUT2D eigenvalue weighted by Crippen LogP contribution is -2.10. The summed E-state index contributed by atoms with van der Waals surface area (Å²) in [6.07, 6.45) is 2.00. The van der Waals surface area contributed by atoms with Crippen molar-refractivity contribution in [1.82, 2.24) is 4.98 Å². The number of aromatic nitrogens is 1. The van der Waals surface area contributed by atoms with E-state index in [4.69, 9.17) is 4.98 Å². The van der Waals surface area contributed by atoms with Gasteiger partial charge >= 0.3 is 0 Å². The van der Waals surface area contributed by atoms with E-state index in [1.54, 1.807) is 11.3 Å². The Morgan fingerprint density at radius 2 is 1.19 bits per heavy atom. The van der Waals surface area contributed by atoms with Gasteiger partial charge < -0.3 is 4.90 Å². The van der Waals surface area contributed by atoms with E-state index in [0.29, 0.717) is 0 Å². The summed E-state index contributed by atoms with van der Waals surface area (Å²) in [6.45, 7) is 0. The number of hydrogen-bond acceptors (Lipinski definition) is 3. The Kier molecular flexibility index (Phi) is 5.00. The third kappa shape index (κ3) is 3.62. The van der Waals surface area contributed by atoms with Gasteiger partial charge in [0, 0.05) is 26.8 Å². The molecule has 0 amide bonds. The van der Waals surface area contributed by atoms with E-state index in [2.05, 4.69) is 132 Å². The molecule has 0 saturated heterocycles. The van der Waals surface area contributed by atoms with Crippen LogP contribution in [0.1, 0.15) is 0 Å². The van der Waals surface area contributed by atoms with Crippen molar-refractivity contribution in [3.8, 4) is 11.1 Å². The molecule has 0 fully saturated rings. The van der Waals surface area contributed by atoms with Gasteiger partial charge in [-0.25, -0.2) is 4.98 Å². The Hall–Kier alpha value is -4.47. The predicted octanol–water partition coefficient (Wildman–Crippen LogP) is 9.74. The molecule has 0 bridgehead atoms. The molecule has 7 rings (SSSR count). The van der Waals surface area contributed by atoms with Crippen LogP contribution in [0.2, 0.25) is 0 Å². The largest absolute Gasteiger partial charge is 0.309 e. The van der Waals surface area contributed by atoms with Gasteiger partial charge in [-0.05, 0) is 58.3 Å². The number of thiophene rings is 1. The van der Waals surface area contributed by atoms with Crippen LogP contribution in [0.5, 0.6) is 0 Å². The van der Waals surface area contributed by atoms with Gasteiger partial charge in [0.2, 0.25) is 0 Å². The third-order valence-corrected chi connectivity index (χ3v) is 7.80. The molecule has 0 saturated carbocycles. The lowest BCUT2D eigenvalue weighted by atomic mass is 10.0. The van der Waals surface area contributed by atoms with Gasteiger partial charge in [-0.3, -0.25) is 0 Å². The highest BCUT2D eigenvalue weighted by Crippen LogP contribution is 2.40. The molecule has 3 heteroatoms. The molecule has 2 aromatic heterocycles. The van der Waals surface area contributed by atoms with Gasteiger partial charge in [0.1, 0.15) is 4.83 Å². The lowest BCUT2D eigenvalue weighted by molar-refractivity contribution is 1.26. The third-order valence-electron chi connectivity index (χ3n) is 6.70. The maximum atomic E-state index is 4.89. The quantitative estimate of drug-likeness (QED) is 0.250. The molecule has 0 spiro atoms. The predicted molar refractivity (Wildman–Crippen MR) is 155 cm³/mol. The molecule has 0 N–H and O–H groups in total. The average molecular weight is 479 g/mol. The fourth-order valence-corrected chi connectivity index (χ4v) is 5.94. The highest BCUT2D eigenvalue weighted by atomic mass is 32.1. The minimum Gasteiger partial charge on any atom is -0.309 e. The minimum atomic E-state index is 1.05. The first-order valence-electron chi connectivity index (χ1n) is 12.1. The molecule has 0 radical (unpaired) electrons. The fraction of sp³-hybridized carbons (Fsp3) is 0. The summed E-state index contributed by atoms with van der Waals surface area (Å²) in [5, 5.41) is 4.90. The Bertz CT molecular complexity index is 1840. The van der Waals surface area contributed by atoms with Gasteiger partial charge in [0.15, 0.2) is 0 Å². The van der Waals surface area contributed by atoms with Crippen molar-refractivity contribution in [1.29, 1.82) is 0 Å². The Morgan fingerprint density at radius 1 is 0.500 bits per heavy atom. The van der Waals surface area contributed by atoms with Crippen LogP contribution in [0.4, 0.5) is 17.1 Å². The average Bonchev–Trinajstić information content (AvgIpc) is 3.32. The standard InChI is InChI=1S/C33H22N2S/c1-2-8-23(9-3-1)25-14-17-27(18-15-25)35(28-19-16-24-10-4-5-11-26(24)20-28)29-21-31-30-12-6-7-13-32(30)36-33(31)34-22-29/h1-22H. The zero-order valence-electron chi connectivity index (χ0n) is 19.5. The molecule has 2 nitrogen and oxygen atoms in total. The highest BCUT2D eigenvalue weighted by molar-refractivity contribution is 7.25. The summed E-state index contributed by atoms with van der Waals surface area (Å²) < 4.78 is 1.27. The summed E-state index contributed by atoms with van der Waals surface area (Å²) in [7, 11) is 0. The highest BCUT2D eigenvalue weighted by Gasteiger charge is 2.16. The maximum Gasteiger partial charge on any atom is 0.124 e. The van der Waals surface area contributed by atoms with Crippen molar-refractivity contribution in [2.24, 2.45) is 0 Å². The van der Waals surface area contributed by atoms with E-state index >= 15 is 0 Å². The molecule has 0 aliphatic carbocycles. The molecule has 170 valence electrons. The van der Waals surface area contributed by atoms with Crippen molar-refractivity contribution < 1.29 is 0 Å². The lowest BCUT2D eigenvalue weighted by Gasteiger charge is -2.26. The van der Waals surface area contributed by atoms with Crippen molar-refractivity contribution in [3.63, 3.8) is 0 Å². The van der Waals surface area contributed by atoms with E-state index in [0.717, 1.165) is 21.9 Å². The summed E-state index contributed by atoms with van der Waals surface area (Å²) in [4.78, 5) is 8.27. The molecule has 7 aromatic rings. The van der Waals surface area contributed by atoms with Crippen molar-refractivity contribution in [3.05, 3.63) is 134 Å². The van der Waals surface area contributed by atoms with Crippen LogP contribution in [-0.2, 0) is 0 Å². The first-order valence-corrected chi connectivity index (χ1v) is 12.9. The molecule has 0 unspecified atom stereocenters. The van der Waals surface area contributed by atoms with Crippen molar-refractivity contribution >= 4 is 59.5 Å². The van der Waals surface area contributed by atoms with Crippen LogP contribution < -0.4 is 4.90 Å². The zero-order chi connectivity index (χ0) is 23.9. The second-order valence-electron chi connectivity index (χ2n) is 8.92. The van der Waals surface area contributed by atoms with E-state index in [1.165, 1.54) is 37.4 Å². The van der Waals surface area contributed by atoms with Crippen LogP contribution in [0.25, 0.3) is 42.2 Å². The summed E-state index contributed by atoms with van der Waals surface area (Å²) >= 11 is 1.75. The van der Waals surface area contributed by atoms with Crippen LogP contribution in [-0.4, -0.2) is 4.98 Å².